The van der Waals surface area contributed by atoms with Gasteiger partial charge in [0, 0.05) is 19.7 Å². The summed E-state index contributed by atoms with van der Waals surface area (Å²) in [4.78, 5) is 0. The molecule has 0 amide bonds. The monoisotopic (exact) mass is 235 g/mol. The zero-order valence-electron chi connectivity index (χ0n) is 9.61. The molecule has 0 aromatic carbocycles. The second-order valence-electron chi connectivity index (χ2n) is 3.87. The van der Waals surface area contributed by atoms with E-state index in [2.05, 4.69) is 0 Å². The van der Waals surface area contributed by atoms with Crippen LogP contribution >= 0.6 is 0 Å². The molecule has 0 atom stereocenters. The maximum absolute atomic E-state index is 11.7. The van der Waals surface area contributed by atoms with Gasteiger partial charge >= 0.3 is 0 Å². The van der Waals surface area contributed by atoms with Gasteiger partial charge in [-0.05, 0) is 26.2 Å². The van der Waals surface area contributed by atoms with E-state index in [1.807, 2.05) is 13.8 Å². The Morgan fingerprint density at radius 2 is 1.87 bits per heavy atom. The van der Waals surface area contributed by atoms with E-state index in [1.165, 1.54) is 0 Å². The number of ether oxygens (including phenoxy) is 1. The van der Waals surface area contributed by atoms with Crippen molar-refractivity contribution in [3.8, 4) is 0 Å². The molecule has 1 aliphatic heterocycles. The minimum Gasteiger partial charge on any atom is -0.378 e. The molecule has 1 heterocycles. The van der Waals surface area contributed by atoms with Crippen LogP contribution in [-0.2, 0) is 14.8 Å². The summed E-state index contributed by atoms with van der Waals surface area (Å²) in [6.07, 6.45) is 2.60. The fourth-order valence-corrected chi connectivity index (χ4v) is 3.44. The van der Waals surface area contributed by atoms with E-state index in [0.29, 0.717) is 26.1 Å². The molecule has 5 heteroatoms. The zero-order valence-corrected chi connectivity index (χ0v) is 10.4. The second kappa shape index (κ2) is 5.82. The maximum atomic E-state index is 11.7. The molecule has 0 bridgehead atoms. The first-order valence-electron chi connectivity index (χ1n) is 5.69. The summed E-state index contributed by atoms with van der Waals surface area (Å²) in [5, 5.41) is 0. The van der Waals surface area contributed by atoms with Crippen LogP contribution in [0.1, 0.15) is 33.1 Å². The Labute approximate surface area is 92.7 Å². The first-order chi connectivity index (χ1) is 7.10. The molecule has 0 N–H and O–H groups in total. The predicted molar refractivity (Wildman–Crippen MR) is 60.3 cm³/mol. The highest BCUT2D eigenvalue weighted by Gasteiger charge is 2.27. The van der Waals surface area contributed by atoms with Crippen LogP contribution in [0.5, 0.6) is 0 Å². The summed E-state index contributed by atoms with van der Waals surface area (Å²) in [5.41, 5.74) is 0. The SMILES string of the molecule is CCCS(=O)(=O)N1CCC(OCC)CC1. The topological polar surface area (TPSA) is 46.6 Å². The molecule has 0 aliphatic carbocycles. The van der Waals surface area contributed by atoms with E-state index in [-0.39, 0.29) is 11.9 Å². The van der Waals surface area contributed by atoms with Crippen molar-refractivity contribution in [1.29, 1.82) is 0 Å². The molecule has 0 spiro atoms. The lowest BCUT2D eigenvalue weighted by Gasteiger charge is -2.30. The van der Waals surface area contributed by atoms with Gasteiger partial charge in [0.05, 0.1) is 11.9 Å². The van der Waals surface area contributed by atoms with Gasteiger partial charge in [-0.15, -0.1) is 0 Å². The van der Waals surface area contributed by atoms with Crippen molar-refractivity contribution in [2.24, 2.45) is 0 Å². The van der Waals surface area contributed by atoms with Crippen LogP contribution in [0.25, 0.3) is 0 Å². The van der Waals surface area contributed by atoms with Gasteiger partial charge in [0.15, 0.2) is 0 Å². The third-order valence-corrected chi connectivity index (χ3v) is 4.73. The number of nitrogens with zero attached hydrogens (tertiary/aromatic N) is 1. The Kier molecular flexibility index (Phi) is 5.02. The summed E-state index contributed by atoms with van der Waals surface area (Å²) in [6.45, 7) is 5.82. The van der Waals surface area contributed by atoms with Crippen LogP contribution < -0.4 is 0 Å². The standard InChI is InChI=1S/C10H21NO3S/c1-3-9-15(12,13)11-7-5-10(6-8-11)14-4-2/h10H,3-9H2,1-2H3. The van der Waals surface area contributed by atoms with Crippen molar-refractivity contribution < 1.29 is 13.2 Å². The van der Waals surface area contributed by atoms with E-state index in [9.17, 15) is 8.42 Å². The Hall–Kier alpha value is -0.130. The van der Waals surface area contributed by atoms with E-state index in [1.54, 1.807) is 4.31 Å². The Morgan fingerprint density at radius 1 is 1.27 bits per heavy atom. The van der Waals surface area contributed by atoms with E-state index >= 15 is 0 Å². The van der Waals surface area contributed by atoms with Crippen LogP contribution in [-0.4, -0.2) is 44.3 Å². The Bertz CT molecular complexity index is 268. The van der Waals surface area contributed by atoms with Crippen molar-refractivity contribution in [2.75, 3.05) is 25.4 Å². The average molecular weight is 235 g/mol. The number of hydrogen-bond acceptors (Lipinski definition) is 3. The molecular formula is C10H21NO3S. The largest absolute Gasteiger partial charge is 0.378 e. The second-order valence-corrected chi connectivity index (χ2v) is 5.96. The highest BCUT2D eigenvalue weighted by molar-refractivity contribution is 7.89. The van der Waals surface area contributed by atoms with Crippen molar-refractivity contribution >= 4 is 10.0 Å². The average Bonchev–Trinajstić information content (AvgIpc) is 2.19. The molecule has 1 fully saturated rings. The third kappa shape index (κ3) is 3.74. The minimum absolute atomic E-state index is 0.253. The van der Waals surface area contributed by atoms with Crippen molar-refractivity contribution in [3.05, 3.63) is 0 Å². The zero-order chi connectivity index (χ0) is 11.3. The van der Waals surface area contributed by atoms with Crippen LogP contribution in [0, 0.1) is 0 Å². The van der Waals surface area contributed by atoms with E-state index in [4.69, 9.17) is 4.74 Å². The van der Waals surface area contributed by atoms with Gasteiger partial charge in [-0.1, -0.05) is 6.92 Å². The number of hydrogen-bond donors (Lipinski definition) is 0. The molecule has 1 aliphatic rings. The normalized spacial score (nSPS) is 20.7. The summed E-state index contributed by atoms with van der Waals surface area (Å²) >= 11 is 0. The van der Waals surface area contributed by atoms with Gasteiger partial charge < -0.3 is 4.74 Å². The molecule has 0 unspecified atom stereocenters. The summed E-state index contributed by atoms with van der Waals surface area (Å²) in [7, 11) is -2.99. The third-order valence-electron chi connectivity index (χ3n) is 2.66. The van der Waals surface area contributed by atoms with Crippen molar-refractivity contribution in [1.82, 2.24) is 4.31 Å². The van der Waals surface area contributed by atoms with Crippen LogP contribution in [0.4, 0.5) is 0 Å². The van der Waals surface area contributed by atoms with Gasteiger partial charge in [0.25, 0.3) is 0 Å². The summed E-state index contributed by atoms with van der Waals surface area (Å²) in [6, 6.07) is 0. The molecule has 15 heavy (non-hydrogen) atoms. The molecule has 0 aromatic heterocycles. The fourth-order valence-electron chi connectivity index (χ4n) is 1.90. The van der Waals surface area contributed by atoms with Gasteiger partial charge in [0.2, 0.25) is 10.0 Å². The Balaban J connectivity index is 2.43. The highest BCUT2D eigenvalue weighted by atomic mass is 32.2. The summed E-state index contributed by atoms with van der Waals surface area (Å²) < 4.78 is 30.6. The molecule has 0 radical (unpaired) electrons. The van der Waals surface area contributed by atoms with Gasteiger partial charge in [0.1, 0.15) is 0 Å². The van der Waals surface area contributed by atoms with E-state index < -0.39 is 10.0 Å². The van der Waals surface area contributed by atoms with E-state index in [0.717, 1.165) is 12.8 Å². The van der Waals surface area contributed by atoms with Gasteiger partial charge in [-0.3, -0.25) is 0 Å². The quantitative estimate of drug-likeness (QED) is 0.720. The maximum Gasteiger partial charge on any atom is 0.214 e. The smallest absolute Gasteiger partial charge is 0.214 e. The number of piperidine rings is 1. The molecule has 1 saturated heterocycles. The number of rotatable bonds is 5. The lowest BCUT2D eigenvalue weighted by atomic mass is 10.1. The summed E-state index contributed by atoms with van der Waals surface area (Å²) in [5.74, 6) is 0.270. The van der Waals surface area contributed by atoms with Crippen molar-refractivity contribution in [2.45, 2.75) is 39.2 Å². The molecule has 0 aromatic rings. The lowest BCUT2D eigenvalue weighted by Crippen LogP contribution is -2.41. The van der Waals surface area contributed by atoms with Crippen LogP contribution in [0.2, 0.25) is 0 Å². The highest BCUT2D eigenvalue weighted by Crippen LogP contribution is 2.17. The first-order valence-corrected chi connectivity index (χ1v) is 7.30. The lowest BCUT2D eigenvalue weighted by molar-refractivity contribution is 0.0290. The van der Waals surface area contributed by atoms with Crippen LogP contribution in [0.15, 0.2) is 0 Å². The number of sulfonamides is 1. The van der Waals surface area contributed by atoms with Gasteiger partial charge in [-0.25, -0.2) is 12.7 Å². The van der Waals surface area contributed by atoms with Gasteiger partial charge in [-0.2, -0.15) is 0 Å². The molecule has 90 valence electrons. The predicted octanol–water partition coefficient (Wildman–Crippen LogP) is 1.23. The fraction of sp³-hybridized carbons (Fsp3) is 1.00. The minimum atomic E-state index is -2.99. The molecular weight excluding hydrogens is 214 g/mol. The van der Waals surface area contributed by atoms with Crippen molar-refractivity contribution in [3.63, 3.8) is 0 Å². The Morgan fingerprint density at radius 3 is 2.33 bits per heavy atom. The molecule has 0 saturated carbocycles. The van der Waals surface area contributed by atoms with Crippen LogP contribution in [0.3, 0.4) is 0 Å². The first kappa shape index (κ1) is 12.9. The molecule has 4 nitrogen and oxygen atoms in total. The molecule has 1 rings (SSSR count).